The lowest BCUT2D eigenvalue weighted by atomic mass is 10.2. The van der Waals surface area contributed by atoms with Gasteiger partial charge < -0.3 is 14.2 Å². The number of aromatic nitrogens is 1. The molecule has 2 heterocycles. The van der Waals surface area contributed by atoms with Gasteiger partial charge in [0, 0.05) is 24.8 Å². The summed E-state index contributed by atoms with van der Waals surface area (Å²) >= 11 is 0. The van der Waals surface area contributed by atoms with E-state index in [1.54, 1.807) is 30.2 Å². The van der Waals surface area contributed by atoms with Crippen molar-refractivity contribution in [3.05, 3.63) is 34.2 Å². The minimum Gasteiger partial charge on any atom is -0.372 e. The van der Waals surface area contributed by atoms with Gasteiger partial charge in [-0.2, -0.15) is 0 Å². The molecule has 1 amide bonds. The second-order valence-corrected chi connectivity index (χ2v) is 5.18. The van der Waals surface area contributed by atoms with Crippen molar-refractivity contribution in [2.45, 2.75) is 39.5 Å². The van der Waals surface area contributed by atoms with E-state index >= 15 is 0 Å². The monoisotopic (exact) mass is 264 g/mol. The Morgan fingerprint density at radius 2 is 2.00 bits per heavy atom. The smallest absolute Gasteiger partial charge is 0.253 e. The molecule has 0 bridgehead atoms. The number of nitrogens with zero attached hydrogens (tertiary/aromatic N) is 2. The van der Waals surface area contributed by atoms with E-state index < -0.39 is 0 Å². The van der Waals surface area contributed by atoms with Gasteiger partial charge in [0.25, 0.3) is 5.56 Å². The zero-order valence-electron chi connectivity index (χ0n) is 11.6. The number of rotatable bonds is 2. The average Bonchev–Trinajstić information content (AvgIpc) is 2.33. The molecule has 0 spiro atoms. The first kappa shape index (κ1) is 13.8. The van der Waals surface area contributed by atoms with Gasteiger partial charge in [0.2, 0.25) is 5.91 Å². The maximum absolute atomic E-state index is 12.2. The fourth-order valence-electron chi connectivity index (χ4n) is 2.41. The zero-order chi connectivity index (χ0) is 14.0. The molecule has 2 unspecified atom stereocenters. The van der Waals surface area contributed by atoms with Crippen molar-refractivity contribution in [1.82, 2.24) is 9.47 Å². The van der Waals surface area contributed by atoms with Crippen molar-refractivity contribution >= 4 is 5.91 Å². The minimum atomic E-state index is -0.106. The van der Waals surface area contributed by atoms with Crippen LogP contribution >= 0.6 is 0 Å². The summed E-state index contributed by atoms with van der Waals surface area (Å²) in [4.78, 5) is 25.9. The number of ether oxygens (including phenoxy) is 1. The third-order valence-electron chi connectivity index (χ3n) is 3.29. The standard InChI is InChI=1S/C14H20N2O3/c1-10-5-4-6-15(14(10)18)9-13(17)16-7-11(2)19-12(3)8-16/h4-6,11-12H,7-9H2,1-3H3. The lowest BCUT2D eigenvalue weighted by molar-refractivity contribution is -0.143. The maximum atomic E-state index is 12.2. The largest absolute Gasteiger partial charge is 0.372 e. The van der Waals surface area contributed by atoms with Gasteiger partial charge in [-0.15, -0.1) is 0 Å². The van der Waals surface area contributed by atoms with Gasteiger partial charge in [-0.25, -0.2) is 0 Å². The molecular formula is C14H20N2O3. The topological polar surface area (TPSA) is 51.5 Å². The second-order valence-electron chi connectivity index (χ2n) is 5.18. The number of aryl methyl sites for hydroxylation is 1. The molecule has 0 saturated carbocycles. The van der Waals surface area contributed by atoms with Crippen LogP contribution in [0.25, 0.3) is 0 Å². The molecule has 1 aliphatic heterocycles. The molecule has 2 rings (SSSR count). The predicted molar refractivity (Wildman–Crippen MR) is 72.0 cm³/mol. The first-order chi connectivity index (χ1) is 8.97. The van der Waals surface area contributed by atoms with E-state index in [-0.39, 0.29) is 30.2 Å². The lowest BCUT2D eigenvalue weighted by Gasteiger charge is -2.35. The molecular weight excluding hydrogens is 244 g/mol. The maximum Gasteiger partial charge on any atom is 0.253 e. The van der Waals surface area contributed by atoms with E-state index in [9.17, 15) is 9.59 Å². The number of morpholine rings is 1. The van der Waals surface area contributed by atoms with Gasteiger partial charge in [0.1, 0.15) is 6.54 Å². The van der Waals surface area contributed by atoms with Crippen LogP contribution in [0.2, 0.25) is 0 Å². The number of hydrogen-bond donors (Lipinski definition) is 0. The zero-order valence-corrected chi connectivity index (χ0v) is 11.6. The Labute approximate surface area is 112 Å². The Kier molecular flexibility index (Phi) is 4.04. The highest BCUT2D eigenvalue weighted by atomic mass is 16.5. The number of carbonyl (C=O) groups is 1. The molecule has 1 aromatic heterocycles. The third kappa shape index (κ3) is 3.23. The Hall–Kier alpha value is -1.62. The van der Waals surface area contributed by atoms with Crippen LogP contribution < -0.4 is 5.56 Å². The highest BCUT2D eigenvalue weighted by Crippen LogP contribution is 2.11. The SMILES string of the molecule is Cc1cccn(CC(=O)N2CC(C)OC(C)C2)c1=O. The van der Waals surface area contributed by atoms with Crippen molar-refractivity contribution in [1.29, 1.82) is 0 Å². The van der Waals surface area contributed by atoms with Crippen molar-refractivity contribution < 1.29 is 9.53 Å². The normalized spacial score (nSPS) is 23.4. The molecule has 1 aliphatic rings. The van der Waals surface area contributed by atoms with Crippen LogP contribution in [0.5, 0.6) is 0 Å². The van der Waals surface area contributed by atoms with Gasteiger partial charge in [-0.05, 0) is 26.8 Å². The van der Waals surface area contributed by atoms with Gasteiger partial charge in [0.05, 0.1) is 12.2 Å². The third-order valence-corrected chi connectivity index (χ3v) is 3.29. The summed E-state index contributed by atoms with van der Waals surface area (Å²) in [5.74, 6) is -0.0327. The molecule has 0 aromatic carbocycles. The van der Waals surface area contributed by atoms with E-state index in [0.29, 0.717) is 18.7 Å². The second kappa shape index (κ2) is 5.57. The number of hydrogen-bond acceptors (Lipinski definition) is 3. The highest BCUT2D eigenvalue weighted by molar-refractivity contribution is 5.76. The van der Waals surface area contributed by atoms with Crippen LogP contribution in [0.3, 0.4) is 0 Å². The van der Waals surface area contributed by atoms with Gasteiger partial charge >= 0.3 is 0 Å². The quantitative estimate of drug-likeness (QED) is 0.793. The van der Waals surface area contributed by atoms with Crippen LogP contribution in [0.1, 0.15) is 19.4 Å². The van der Waals surface area contributed by atoms with E-state index in [0.717, 1.165) is 0 Å². The summed E-state index contributed by atoms with van der Waals surface area (Å²) in [6, 6.07) is 3.54. The lowest BCUT2D eigenvalue weighted by Crippen LogP contribution is -2.49. The summed E-state index contributed by atoms with van der Waals surface area (Å²) in [6.07, 6.45) is 1.74. The summed E-state index contributed by atoms with van der Waals surface area (Å²) in [5.41, 5.74) is 0.546. The molecule has 19 heavy (non-hydrogen) atoms. The van der Waals surface area contributed by atoms with Crippen LogP contribution in [0.4, 0.5) is 0 Å². The molecule has 1 fully saturated rings. The fourth-order valence-corrected chi connectivity index (χ4v) is 2.41. The molecule has 0 N–H and O–H groups in total. The van der Waals surface area contributed by atoms with Crippen molar-refractivity contribution in [3.8, 4) is 0 Å². The van der Waals surface area contributed by atoms with Crippen molar-refractivity contribution in [2.75, 3.05) is 13.1 Å². The average molecular weight is 264 g/mol. The summed E-state index contributed by atoms with van der Waals surface area (Å²) < 4.78 is 7.06. The van der Waals surface area contributed by atoms with Crippen LogP contribution in [-0.4, -0.2) is 40.7 Å². The van der Waals surface area contributed by atoms with E-state index in [2.05, 4.69) is 0 Å². The Balaban J connectivity index is 2.08. The fraction of sp³-hybridized carbons (Fsp3) is 0.571. The Bertz CT molecular complexity index is 514. The number of carbonyl (C=O) groups excluding carboxylic acids is 1. The highest BCUT2D eigenvalue weighted by Gasteiger charge is 2.25. The molecule has 1 aromatic rings. The minimum absolute atomic E-state index is 0.0327. The first-order valence-corrected chi connectivity index (χ1v) is 6.56. The number of amides is 1. The molecule has 1 saturated heterocycles. The first-order valence-electron chi connectivity index (χ1n) is 6.56. The van der Waals surface area contributed by atoms with Crippen molar-refractivity contribution in [2.24, 2.45) is 0 Å². The summed E-state index contributed by atoms with van der Waals surface area (Å²) in [7, 11) is 0. The molecule has 5 nitrogen and oxygen atoms in total. The van der Waals surface area contributed by atoms with Gasteiger partial charge in [0.15, 0.2) is 0 Å². The predicted octanol–water partition coefficient (Wildman–Crippen LogP) is 0.793. The molecule has 2 atom stereocenters. The summed E-state index contributed by atoms with van der Waals surface area (Å²) in [5, 5.41) is 0. The van der Waals surface area contributed by atoms with E-state index in [1.807, 2.05) is 13.8 Å². The summed E-state index contributed by atoms with van der Waals surface area (Å²) in [6.45, 7) is 6.93. The van der Waals surface area contributed by atoms with Crippen LogP contribution in [-0.2, 0) is 16.1 Å². The van der Waals surface area contributed by atoms with Crippen LogP contribution in [0, 0.1) is 6.92 Å². The molecule has 0 aliphatic carbocycles. The molecule has 5 heteroatoms. The van der Waals surface area contributed by atoms with Crippen molar-refractivity contribution in [3.63, 3.8) is 0 Å². The van der Waals surface area contributed by atoms with Gasteiger partial charge in [-0.3, -0.25) is 9.59 Å². The van der Waals surface area contributed by atoms with Gasteiger partial charge in [-0.1, -0.05) is 6.07 Å². The molecule has 104 valence electrons. The molecule has 0 radical (unpaired) electrons. The Morgan fingerprint density at radius 3 is 2.63 bits per heavy atom. The van der Waals surface area contributed by atoms with Crippen LogP contribution in [0.15, 0.2) is 23.1 Å². The Morgan fingerprint density at radius 1 is 1.37 bits per heavy atom. The van der Waals surface area contributed by atoms with E-state index in [4.69, 9.17) is 4.74 Å². The number of pyridine rings is 1. The van der Waals surface area contributed by atoms with E-state index in [1.165, 1.54) is 4.57 Å².